The Bertz CT molecular complexity index is 1200. The highest BCUT2D eigenvalue weighted by molar-refractivity contribution is 6.31. The summed E-state index contributed by atoms with van der Waals surface area (Å²) in [7, 11) is 0. The van der Waals surface area contributed by atoms with Crippen LogP contribution in [0.2, 0.25) is 5.02 Å². The van der Waals surface area contributed by atoms with Crippen LogP contribution in [-0.2, 0) is 6.54 Å². The number of benzene rings is 1. The van der Waals surface area contributed by atoms with Crippen LogP contribution in [0.15, 0.2) is 45.7 Å². The lowest BCUT2D eigenvalue weighted by molar-refractivity contribution is 0.222. The first kappa shape index (κ1) is 16.8. The third kappa shape index (κ3) is 2.82. The van der Waals surface area contributed by atoms with Crippen LogP contribution in [0.3, 0.4) is 0 Å². The van der Waals surface area contributed by atoms with E-state index in [-0.39, 0.29) is 5.43 Å². The number of pyridine rings is 1. The molecule has 0 bridgehead atoms. The van der Waals surface area contributed by atoms with Gasteiger partial charge < -0.3 is 13.9 Å². The van der Waals surface area contributed by atoms with Crippen LogP contribution in [0.5, 0.6) is 0 Å². The first-order chi connectivity index (χ1) is 13.2. The number of halogens is 1. The van der Waals surface area contributed by atoms with Crippen molar-refractivity contribution in [3.63, 3.8) is 0 Å². The summed E-state index contributed by atoms with van der Waals surface area (Å²) < 4.78 is 8.22. The molecule has 5 nitrogen and oxygen atoms in total. The van der Waals surface area contributed by atoms with Crippen molar-refractivity contribution in [3.8, 4) is 0 Å². The molecule has 4 heterocycles. The van der Waals surface area contributed by atoms with Gasteiger partial charge in [-0.15, -0.1) is 0 Å². The normalized spacial score (nSPS) is 15.9. The maximum Gasteiger partial charge on any atom is 0.232 e. The lowest BCUT2D eigenvalue weighted by Gasteiger charge is -2.26. The first-order valence-electron chi connectivity index (χ1n) is 9.44. The van der Waals surface area contributed by atoms with E-state index in [1.807, 2.05) is 18.2 Å². The number of hydrogen-bond acceptors (Lipinski definition) is 4. The highest BCUT2D eigenvalue weighted by Gasteiger charge is 2.19. The van der Waals surface area contributed by atoms with E-state index >= 15 is 0 Å². The van der Waals surface area contributed by atoms with E-state index in [2.05, 4.69) is 14.5 Å². The predicted molar refractivity (Wildman–Crippen MR) is 109 cm³/mol. The van der Waals surface area contributed by atoms with Gasteiger partial charge in [0.25, 0.3) is 0 Å². The molecule has 27 heavy (non-hydrogen) atoms. The smallest absolute Gasteiger partial charge is 0.232 e. The minimum absolute atomic E-state index is 0.0525. The molecule has 4 aromatic rings. The average Bonchev–Trinajstić information content (AvgIpc) is 3.00. The summed E-state index contributed by atoms with van der Waals surface area (Å²) >= 11 is 6.24. The topological polar surface area (TPSA) is 51.3 Å². The number of hydrogen-bond donors (Lipinski definition) is 0. The Morgan fingerprint density at radius 2 is 1.93 bits per heavy atom. The molecule has 3 aromatic heterocycles. The molecule has 1 aliphatic rings. The molecule has 138 valence electrons. The van der Waals surface area contributed by atoms with Gasteiger partial charge in [0, 0.05) is 29.7 Å². The van der Waals surface area contributed by atoms with Crippen LogP contribution in [0.1, 0.15) is 19.3 Å². The highest BCUT2D eigenvalue weighted by atomic mass is 35.5. The number of fused-ring (bicyclic) bond motifs is 4. The summed E-state index contributed by atoms with van der Waals surface area (Å²) in [5.41, 5.74) is 1.88. The quantitative estimate of drug-likeness (QED) is 0.526. The van der Waals surface area contributed by atoms with Gasteiger partial charge in [-0.1, -0.05) is 18.0 Å². The van der Waals surface area contributed by atoms with E-state index in [1.165, 1.54) is 19.3 Å². The van der Waals surface area contributed by atoms with Crippen molar-refractivity contribution in [2.75, 3.05) is 19.6 Å². The van der Waals surface area contributed by atoms with Crippen molar-refractivity contribution in [2.24, 2.45) is 0 Å². The Kier molecular flexibility index (Phi) is 4.14. The van der Waals surface area contributed by atoms with E-state index in [9.17, 15) is 4.79 Å². The van der Waals surface area contributed by atoms with E-state index in [0.717, 1.165) is 37.1 Å². The van der Waals surface area contributed by atoms with Gasteiger partial charge in [-0.25, -0.2) is 4.98 Å². The molecular weight excluding hydrogens is 362 g/mol. The SMILES string of the molecule is O=c1c2cccnc2oc2c1c1cc(Cl)ccc1n2CCN1CCCCC1. The Hall–Kier alpha value is -2.37. The second kappa shape index (κ2) is 6.66. The summed E-state index contributed by atoms with van der Waals surface area (Å²) in [6.45, 7) is 3.98. The van der Waals surface area contributed by atoms with Gasteiger partial charge in [-0.3, -0.25) is 4.79 Å². The second-order valence-corrected chi connectivity index (χ2v) is 7.62. The van der Waals surface area contributed by atoms with E-state index < -0.39 is 0 Å². The minimum Gasteiger partial charge on any atom is -0.421 e. The highest BCUT2D eigenvalue weighted by Crippen LogP contribution is 2.31. The monoisotopic (exact) mass is 381 g/mol. The minimum atomic E-state index is -0.0525. The van der Waals surface area contributed by atoms with Crippen LogP contribution < -0.4 is 5.43 Å². The van der Waals surface area contributed by atoms with Crippen molar-refractivity contribution < 1.29 is 4.42 Å². The molecule has 0 aliphatic carbocycles. The van der Waals surface area contributed by atoms with Crippen molar-refractivity contribution in [1.29, 1.82) is 0 Å². The summed E-state index contributed by atoms with van der Waals surface area (Å²) in [6.07, 6.45) is 5.48. The Labute approximate surface area is 161 Å². The van der Waals surface area contributed by atoms with Crippen molar-refractivity contribution in [3.05, 3.63) is 51.8 Å². The molecule has 0 amide bonds. The summed E-state index contributed by atoms with van der Waals surface area (Å²) in [6, 6.07) is 9.21. The zero-order valence-electron chi connectivity index (χ0n) is 14.9. The molecule has 1 fully saturated rings. The van der Waals surface area contributed by atoms with Crippen LogP contribution in [0.4, 0.5) is 0 Å². The van der Waals surface area contributed by atoms with Gasteiger partial charge >= 0.3 is 0 Å². The number of aromatic nitrogens is 2. The van der Waals surface area contributed by atoms with Crippen molar-refractivity contribution in [1.82, 2.24) is 14.5 Å². The lowest BCUT2D eigenvalue weighted by Crippen LogP contribution is -2.32. The average molecular weight is 382 g/mol. The predicted octanol–water partition coefficient (Wildman–Crippen LogP) is 4.44. The largest absolute Gasteiger partial charge is 0.421 e. The maximum absolute atomic E-state index is 13.2. The zero-order valence-corrected chi connectivity index (χ0v) is 15.7. The summed E-state index contributed by atoms with van der Waals surface area (Å²) in [4.78, 5) is 19.9. The van der Waals surface area contributed by atoms with Crippen molar-refractivity contribution >= 4 is 44.7 Å². The van der Waals surface area contributed by atoms with Crippen LogP contribution in [0, 0.1) is 0 Å². The summed E-state index contributed by atoms with van der Waals surface area (Å²) in [5.74, 6) is 0. The van der Waals surface area contributed by atoms with Gasteiger partial charge in [-0.2, -0.15) is 0 Å². The van der Waals surface area contributed by atoms with Crippen LogP contribution in [-0.4, -0.2) is 34.1 Å². The Balaban J connectivity index is 1.73. The number of likely N-dealkylation sites (tertiary alicyclic amines) is 1. The van der Waals surface area contributed by atoms with Gasteiger partial charge in [-0.05, 0) is 56.3 Å². The molecule has 1 saturated heterocycles. The zero-order chi connectivity index (χ0) is 18.4. The van der Waals surface area contributed by atoms with Gasteiger partial charge in [0.2, 0.25) is 16.9 Å². The molecule has 0 unspecified atom stereocenters. The molecule has 0 spiro atoms. The molecule has 5 rings (SSSR count). The number of rotatable bonds is 3. The number of nitrogens with zero attached hydrogens (tertiary/aromatic N) is 3. The van der Waals surface area contributed by atoms with Gasteiger partial charge in [0.1, 0.15) is 0 Å². The van der Waals surface area contributed by atoms with E-state index in [1.54, 1.807) is 18.3 Å². The first-order valence-corrected chi connectivity index (χ1v) is 9.82. The fourth-order valence-electron chi connectivity index (χ4n) is 4.15. The summed E-state index contributed by atoms with van der Waals surface area (Å²) in [5, 5.41) is 2.55. The molecule has 1 aromatic carbocycles. The van der Waals surface area contributed by atoms with E-state index in [0.29, 0.717) is 27.2 Å². The van der Waals surface area contributed by atoms with Gasteiger partial charge in [0.15, 0.2) is 0 Å². The molecule has 0 atom stereocenters. The second-order valence-electron chi connectivity index (χ2n) is 7.18. The van der Waals surface area contributed by atoms with E-state index in [4.69, 9.17) is 16.0 Å². The molecule has 0 radical (unpaired) electrons. The van der Waals surface area contributed by atoms with Gasteiger partial charge in [0.05, 0.1) is 16.3 Å². The third-order valence-corrected chi connectivity index (χ3v) is 5.74. The number of piperidine rings is 1. The lowest BCUT2D eigenvalue weighted by atomic mass is 10.1. The molecular formula is C21H20ClN3O2. The molecule has 0 N–H and O–H groups in total. The molecule has 6 heteroatoms. The standard InChI is InChI=1S/C21H20ClN3O2/c22-14-6-7-17-16(13-14)18-19(26)15-5-4-8-23-20(15)27-21(18)25(17)12-11-24-9-2-1-3-10-24/h4-8,13H,1-3,9-12H2. The molecule has 1 aliphatic heterocycles. The maximum atomic E-state index is 13.2. The fraction of sp³-hybridized carbons (Fsp3) is 0.333. The van der Waals surface area contributed by atoms with Crippen LogP contribution >= 0.6 is 11.6 Å². The fourth-order valence-corrected chi connectivity index (χ4v) is 4.32. The van der Waals surface area contributed by atoms with Crippen molar-refractivity contribution in [2.45, 2.75) is 25.8 Å². The Morgan fingerprint density at radius 3 is 2.78 bits per heavy atom. The molecule has 0 saturated carbocycles. The third-order valence-electron chi connectivity index (χ3n) is 5.50. The van der Waals surface area contributed by atoms with Crippen LogP contribution in [0.25, 0.3) is 33.1 Å². The Morgan fingerprint density at radius 1 is 1.07 bits per heavy atom.